The fraction of sp³-hybridized carbons (Fsp3) is 0.0769. The van der Waals surface area contributed by atoms with Crippen molar-refractivity contribution in [3.05, 3.63) is 56.7 Å². The van der Waals surface area contributed by atoms with Gasteiger partial charge in [0.2, 0.25) is 0 Å². The van der Waals surface area contributed by atoms with Gasteiger partial charge in [-0.1, -0.05) is 31.9 Å². The van der Waals surface area contributed by atoms with Crippen LogP contribution in [0.3, 0.4) is 0 Å². The van der Waals surface area contributed by atoms with E-state index in [2.05, 4.69) is 31.9 Å². The van der Waals surface area contributed by atoms with Crippen LogP contribution in [0.2, 0.25) is 0 Å². The first-order valence-corrected chi connectivity index (χ1v) is 6.76. The predicted octanol–water partition coefficient (Wildman–Crippen LogP) is 4.51. The van der Waals surface area contributed by atoms with Gasteiger partial charge < -0.3 is 10.5 Å². The van der Waals surface area contributed by atoms with E-state index >= 15 is 0 Å². The number of hydrogen-bond donors (Lipinski definition) is 1. The number of nitrogens with two attached hydrogens (primary N) is 1. The molecule has 2 rings (SSSR count). The second-order valence-electron chi connectivity index (χ2n) is 3.75. The first kappa shape index (κ1) is 13.4. The molecule has 0 aliphatic heterocycles. The summed E-state index contributed by atoms with van der Waals surface area (Å²) in [5.41, 5.74) is 7.09. The SMILES string of the molecule is Nc1cc(Br)ccc1OCc1cc(F)cc(Br)c1. The number of ether oxygens (including phenoxy) is 1. The third kappa shape index (κ3) is 3.46. The van der Waals surface area contributed by atoms with Gasteiger partial charge in [-0.15, -0.1) is 0 Å². The third-order valence-electron chi connectivity index (χ3n) is 2.29. The summed E-state index contributed by atoms with van der Waals surface area (Å²) in [4.78, 5) is 0. The number of anilines is 1. The number of benzene rings is 2. The molecule has 0 spiro atoms. The van der Waals surface area contributed by atoms with Crippen LogP contribution in [0.4, 0.5) is 10.1 Å². The second-order valence-corrected chi connectivity index (χ2v) is 5.58. The molecule has 2 N–H and O–H groups in total. The lowest BCUT2D eigenvalue weighted by Gasteiger charge is -2.09. The highest BCUT2D eigenvalue weighted by Gasteiger charge is 2.03. The van der Waals surface area contributed by atoms with Crippen LogP contribution < -0.4 is 10.5 Å². The third-order valence-corrected chi connectivity index (χ3v) is 3.24. The van der Waals surface area contributed by atoms with E-state index in [9.17, 15) is 4.39 Å². The van der Waals surface area contributed by atoms with E-state index in [1.54, 1.807) is 18.2 Å². The number of nitrogen functional groups attached to an aromatic ring is 1. The van der Waals surface area contributed by atoms with E-state index in [0.717, 1.165) is 10.0 Å². The lowest BCUT2D eigenvalue weighted by Crippen LogP contribution is -1.99. The van der Waals surface area contributed by atoms with Crippen LogP contribution in [0.15, 0.2) is 45.3 Å². The maximum Gasteiger partial charge on any atom is 0.142 e. The molecule has 0 aromatic heterocycles. The van der Waals surface area contributed by atoms with E-state index < -0.39 is 0 Å². The van der Waals surface area contributed by atoms with Gasteiger partial charge in [-0.05, 0) is 42.0 Å². The molecule has 2 aromatic carbocycles. The smallest absolute Gasteiger partial charge is 0.142 e. The molecule has 2 nitrogen and oxygen atoms in total. The molecule has 0 aliphatic rings. The molecule has 2 aromatic rings. The molecular weight excluding hydrogens is 365 g/mol. The fourth-order valence-electron chi connectivity index (χ4n) is 1.51. The molecule has 0 aliphatic carbocycles. The summed E-state index contributed by atoms with van der Waals surface area (Å²) in [7, 11) is 0. The highest BCUT2D eigenvalue weighted by Crippen LogP contribution is 2.26. The van der Waals surface area contributed by atoms with Gasteiger partial charge in [-0.25, -0.2) is 4.39 Å². The van der Waals surface area contributed by atoms with Crippen molar-refractivity contribution < 1.29 is 9.13 Å². The van der Waals surface area contributed by atoms with Crippen LogP contribution in [0.5, 0.6) is 5.75 Å². The van der Waals surface area contributed by atoms with Gasteiger partial charge >= 0.3 is 0 Å². The lowest BCUT2D eigenvalue weighted by molar-refractivity contribution is 0.307. The minimum atomic E-state index is -0.299. The molecule has 0 heterocycles. The minimum absolute atomic E-state index is 0.266. The summed E-state index contributed by atoms with van der Waals surface area (Å²) in [6.07, 6.45) is 0. The Labute approximate surface area is 121 Å². The Hall–Kier alpha value is -1.07. The topological polar surface area (TPSA) is 35.2 Å². The summed E-state index contributed by atoms with van der Waals surface area (Å²) in [5, 5.41) is 0. The van der Waals surface area contributed by atoms with Crippen LogP contribution in [0.25, 0.3) is 0 Å². The molecule has 5 heteroatoms. The molecule has 0 bridgehead atoms. The summed E-state index contributed by atoms with van der Waals surface area (Å²) in [6, 6.07) is 10.0. The maximum absolute atomic E-state index is 13.2. The maximum atomic E-state index is 13.2. The Balaban J connectivity index is 2.11. The van der Waals surface area contributed by atoms with E-state index in [1.807, 2.05) is 6.07 Å². The highest BCUT2D eigenvalue weighted by atomic mass is 79.9. The minimum Gasteiger partial charge on any atom is -0.487 e. The summed E-state index contributed by atoms with van der Waals surface area (Å²) in [6.45, 7) is 0.266. The number of hydrogen-bond acceptors (Lipinski definition) is 2. The molecule has 18 heavy (non-hydrogen) atoms. The average molecular weight is 375 g/mol. The Morgan fingerprint density at radius 2 is 1.83 bits per heavy atom. The van der Waals surface area contributed by atoms with E-state index in [1.165, 1.54) is 12.1 Å². The molecule has 0 fully saturated rings. The monoisotopic (exact) mass is 373 g/mol. The standard InChI is InChI=1S/C13H10Br2FNO/c14-9-1-2-13(12(17)6-9)18-7-8-3-10(15)5-11(16)4-8/h1-6H,7,17H2. The Morgan fingerprint density at radius 1 is 1.06 bits per heavy atom. The van der Waals surface area contributed by atoms with Gasteiger partial charge in [-0.3, -0.25) is 0 Å². The number of halogens is 3. The Bertz CT molecular complexity index is 555. The fourth-order valence-corrected chi connectivity index (χ4v) is 2.40. The first-order chi connectivity index (χ1) is 8.54. The van der Waals surface area contributed by atoms with Gasteiger partial charge in [0.1, 0.15) is 18.2 Å². The quantitative estimate of drug-likeness (QED) is 0.802. The zero-order chi connectivity index (χ0) is 13.1. The molecular formula is C13H10Br2FNO. The summed E-state index contributed by atoms with van der Waals surface area (Å²) in [5.74, 6) is 0.283. The van der Waals surface area contributed by atoms with Crippen LogP contribution in [0, 0.1) is 5.82 Å². The summed E-state index contributed by atoms with van der Waals surface area (Å²) < 4.78 is 20.3. The highest BCUT2D eigenvalue weighted by molar-refractivity contribution is 9.10. The van der Waals surface area contributed by atoms with Crippen molar-refractivity contribution in [3.8, 4) is 5.75 Å². The lowest BCUT2D eigenvalue weighted by atomic mass is 10.2. The molecule has 0 atom stereocenters. The van der Waals surface area contributed by atoms with Crippen molar-refractivity contribution in [3.63, 3.8) is 0 Å². The van der Waals surface area contributed by atoms with Crippen molar-refractivity contribution >= 4 is 37.5 Å². The molecule has 0 amide bonds. The molecule has 0 unspecified atom stereocenters. The van der Waals surface area contributed by atoms with Gasteiger partial charge in [-0.2, -0.15) is 0 Å². The molecule has 94 valence electrons. The van der Waals surface area contributed by atoms with Gasteiger partial charge in [0, 0.05) is 8.95 Å². The second kappa shape index (κ2) is 5.71. The van der Waals surface area contributed by atoms with Gasteiger partial charge in [0.15, 0.2) is 0 Å². The van der Waals surface area contributed by atoms with Gasteiger partial charge in [0.05, 0.1) is 5.69 Å². The van der Waals surface area contributed by atoms with Crippen LogP contribution >= 0.6 is 31.9 Å². The van der Waals surface area contributed by atoms with E-state index in [0.29, 0.717) is 15.9 Å². The van der Waals surface area contributed by atoms with Crippen LogP contribution in [0.1, 0.15) is 5.56 Å². The first-order valence-electron chi connectivity index (χ1n) is 5.17. The van der Waals surface area contributed by atoms with Crippen molar-refractivity contribution in [1.29, 1.82) is 0 Å². The number of rotatable bonds is 3. The normalized spacial score (nSPS) is 10.4. The Morgan fingerprint density at radius 3 is 2.50 bits per heavy atom. The molecule has 0 radical (unpaired) electrons. The largest absolute Gasteiger partial charge is 0.487 e. The van der Waals surface area contributed by atoms with Crippen molar-refractivity contribution in [2.45, 2.75) is 6.61 Å². The van der Waals surface area contributed by atoms with Gasteiger partial charge in [0.25, 0.3) is 0 Å². The average Bonchev–Trinajstić information content (AvgIpc) is 2.26. The van der Waals surface area contributed by atoms with Crippen molar-refractivity contribution in [2.75, 3.05) is 5.73 Å². The van der Waals surface area contributed by atoms with Crippen molar-refractivity contribution in [2.24, 2.45) is 0 Å². The predicted molar refractivity (Wildman–Crippen MR) is 77.0 cm³/mol. The molecule has 0 saturated carbocycles. The van der Waals surface area contributed by atoms with Crippen molar-refractivity contribution in [1.82, 2.24) is 0 Å². The van der Waals surface area contributed by atoms with E-state index in [-0.39, 0.29) is 12.4 Å². The zero-order valence-electron chi connectivity index (χ0n) is 9.29. The molecule has 0 saturated heterocycles. The Kier molecular flexibility index (Phi) is 4.24. The van der Waals surface area contributed by atoms with Crippen LogP contribution in [-0.2, 0) is 6.61 Å². The summed E-state index contributed by atoms with van der Waals surface area (Å²) >= 11 is 6.56. The zero-order valence-corrected chi connectivity index (χ0v) is 12.5. The van der Waals surface area contributed by atoms with E-state index in [4.69, 9.17) is 10.5 Å². The van der Waals surface area contributed by atoms with Crippen LogP contribution in [-0.4, -0.2) is 0 Å².